The number of anilines is 1. The molecule has 146 valence electrons. The van der Waals surface area contributed by atoms with Crippen LogP contribution in [0.15, 0.2) is 42.0 Å². The number of carbonyl (C=O) groups is 2. The lowest BCUT2D eigenvalue weighted by Crippen LogP contribution is -2.17. The molecule has 4 unspecified atom stereocenters. The van der Waals surface area contributed by atoms with Gasteiger partial charge in [-0.2, -0.15) is 0 Å². The van der Waals surface area contributed by atoms with Crippen molar-refractivity contribution in [2.45, 2.75) is 40.0 Å². The molecule has 0 aliphatic heterocycles. The van der Waals surface area contributed by atoms with Gasteiger partial charge in [-0.15, -0.1) is 0 Å². The van der Waals surface area contributed by atoms with E-state index in [1.807, 2.05) is 13.8 Å². The average molecular weight is 392 g/mol. The lowest BCUT2D eigenvalue weighted by atomic mass is 9.84. The van der Waals surface area contributed by atoms with E-state index in [2.05, 4.69) is 18.8 Å². The van der Waals surface area contributed by atoms with Crippen molar-refractivity contribution in [1.82, 2.24) is 0 Å². The van der Waals surface area contributed by atoms with Crippen molar-refractivity contribution in [3.8, 4) is 0 Å². The summed E-state index contributed by atoms with van der Waals surface area (Å²) in [4.78, 5) is 23.8. The number of amides is 1. The van der Waals surface area contributed by atoms with Gasteiger partial charge in [0.25, 0.3) is 5.91 Å². The van der Waals surface area contributed by atoms with E-state index in [-0.39, 0.29) is 22.4 Å². The Morgan fingerprint density at radius 2 is 2.15 bits per heavy atom. The van der Waals surface area contributed by atoms with Gasteiger partial charge in [-0.05, 0) is 62.1 Å². The number of benzene rings is 1. The fourth-order valence-electron chi connectivity index (χ4n) is 3.24. The Labute approximate surface area is 165 Å². The summed E-state index contributed by atoms with van der Waals surface area (Å²) in [5.41, 5.74) is 1.62. The number of hydrogen-bond donors (Lipinski definition) is 1. The number of carbonyl (C=O) groups excluding carboxylic acids is 2. The van der Waals surface area contributed by atoms with Crippen molar-refractivity contribution >= 4 is 29.5 Å². The predicted molar refractivity (Wildman–Crippen MR) is 108 cm³/mol. The largest absolute Gasteiger partial charge is 0.322 e. The molecule has 3 nitrogen and oxygen atoms in total. The summed E-state index contributed by atoms with van der Waals surface area (Å²) in [6.45, 7) is 9.97. The van der Waals surface area contributed by atoms with Crippen LogP contribution in [0.25, 0.3) is 0 Å². The molecule has 4 atom stereocenters. The summed E-state index contributed by atoms with van der Waals surface area (Å²) >= 11 is 5.73. The smallest absolute Gasteiger partial charge is 0.255 e. The standard InChI is InChI=1S/C22H27ClFNO2/c1-13(16(4)18(12-26)6-5-17-10-14(17)2)9-15(3)22(27)25-19-7-8-21(24)20(23)11-19/h7-9,11-12,14,16-18H,3,5-6,10H2,1-2,4H3,(H,25,27). The van der Waals surface area contributed by atoms with Crippen molar-refractivity contribution in [3.05, 3.63) is 52.8 Å². The number of hydrogen-bond acceptors (Lipinski definition) is 2. The van der Waals surface area contributed by atoms with E-state index < -0.39 is 11.7 Å². The number of nitrogens with one attached hydrogen (secondary N) is 1. The molecule has 1 saturated carbocycles. The molecule has 0 bridgehead atoms. The molecule has 1 fully saturated rings. The summed E-state index contributed by atoms with van der Waals surface area (Å²) in [5, 5.41) is 2.59. The molecule has 1 aliphatic carbocycles. The van der Waals surface area contributed by atoms with Crippen LogP contribution in [0, 0.1) is 29.5 Å². The molecule has 5 heteroatoms. The Morgan fingerprint density at radius 3 is 2.70 bits per heavy atom. The number of aldehydes is 1. The lowest BCUT2D eigenvalue weighted by Gasteiger charge is -2.20. The molecule has 0 radical (unpaired) electrons. The first-order valence-corrected chi connectivity index (χ1v) is 9.69. The van der Waals surface area contributed by atoms with Crippen molar-refractivity contribution < 1.29 is 14.0 Å². The van der Waals surface area contributed by atoms with E-state index in [1.54, 1.807) is 6.08 Å². The van der Waals surface area contributed by atoms with E-state index in [4.69, 9.17) is 11.6 Å². The minimum absolute atomic E-state index is 0.0429. The lowest BCUT2D eigenvalue weighted by molar-refractivity contribution is -0.113. The first kappa shape index (κ1) is 21.4. The zero-order valence-corrected chi connectivity index (χ0v) is 16.9. The van der Waals surface area contributed by atoms with E-state index in [9.17, 15) is 14.0 Å². The van der Waals surface area contributed by atoms with Crippen molar-refractivity contribution in [2.75, 3.05) is 5.32 Å². The normalized spacial score (nSPS) is 21.3. The van der Waals surface area contributed by atoms with Crippen molar-refractivity contribution in [1.29, 1.82) is 0 Å². The highest BCUT2D eigenvalue weighted by Gasteiger charge is 2.33. The zero-order chi connectivity index (χ0) is 20.1. The second kappa shape index (κ2) is 9.32. The molecule has 1 aromatic rings. The molecule has 1 amide bonds. The van der Waals surface area contributed by atoms with Crippen LogP contribution in [0.3, 0.4) is 0 Å². The summed E-state index contributed by atoms with van der Waals surface area (Å²) in [6, 6.07) is 3.98. The Kier molecular flexibility index (Phi) is 7.37. The maximum absolute atomic E-state index is 13.2. The van der Waals surface area contributed by atoms with Crippen LogP contribution in [0.5, 0.6) is 0 Å². The third kappa shape index (κ3) is 6.03. The third-order valence-corrected chi connectivity index (χ3v) is 5.84. The van der Waals surface area contributed by atoms with Gasteiger partial charge in [-0.1, -0.05) is 43.7 Å². The molecule has 27 heavy (non-hydrogen) atoms. The highest BCUT2D eigenvalue weighted by molar-refractivity contribution is 6.31. The van der Waals surface area contributed by atoms with E-state index in [0.29, 0.717) is 5.69 Å². The van der Waals surface area contributed by atoms with Gasteiger partial charge in [0.05, 0.1) is 5.02 Å². The van der Waals surface area contributed by atoms with Crippen LogP contribution in [-0.4, -0.2) is 12.2 Å². The SMILES string of the molecule is C=C(C=C(C)C(C)C(C=O)CCC1CC1C)C(=O)Nc1ccc(F)c(Cl)c1. The second-order valence-electron chi connectivity index (χ2n) is 7.64. The van der Waals surface area contributed by atoms with Crippen LogP contribution in [0.4, 0.5) is 10.1 Å². The third-order valence-electron chi connectivity index (χ3n) is 5.55. The topological polar surface area (TPSA) is 46.2 Å². The van der Waals surface area contributed by atoms with Gasteiger partial charge in [-0.25, -0.2) is 4.39 Å². The highest BCUT2D eigenvalue weighted by atomic mass is 35.5. The Morgan fingerprint density at radius 1 is 1.48 bits per heavy atom. The van der Waals surface area contributed by atoms with Gasteiger partial charge in [-0.3, -0.25) is 4.79 Å². The van der Waals surface area contributed by atoms with Crippen LogP contribution < -0.4 is 5.32 Å². The van der Waals surface area contributed by atoms with Gasteiger partial charge in [0.1, 0.15) is 12.1 Å². The summed E-state index contributed by atoms with van der Waals surface area (Å²) in [6.07, 6.45) is 5.95. The van der Waals surface area contributed by atoms with Crippen LogP contribution in [0.1, 0.15) is 40.0 Å². The molecule has 0 aromatic heterocycles. The van der Waals surface area contributed by atoms with Crippen LogP contribution in [0.2, 0.25) is 5.02 Å². The minimum Gasteiger partial charge on any atom is -0.322 e. The molecule has 0 spiro atoms. The predicted octanol–water partition coefficient (Wildman–Crippen LogP) is 5.81. The van der Waals surface area contributed by atoms with Gasteiger partial charge in [0.15, 0.2) is 0 Å². The molecular weight excluding hydrogens is 365 g/mol. The summed E-state index contributed by atoms with van der Waals surface area (Å²) < 4.78 is 13.2. The fraction of sp³-hybridized carbons (Fsp3) is 0.455. The molecule has 0 saturated heterocycles. The molecular formula is C22H27ClFNO2. The van der Waals surface area contributed by atoms with Crippen molar-refractivity contribution in [2.24, 2.45) is 23.7 Å². The van der Waals surface area contributed by atoms with Crippen molar-refractivity contribution in [3.63, 3.8) is 0 Å². The Balaban J connectivity index is 1.95. The first-order valence-electron chi connectivity index (χ1n) is 9.31. The minimum atomic E-state index is -0.543. The van der Waals surface area contributed by atoms with Gasteiger partial charge < -0.3 is 10.1 Å². The first-order chi connectivity index (χ1) is 12.7. The molecule has 2 rings (SSSR count). The van der Waals surface area contributed by atoms with Crippen LogP contribution in [-0.2, 0) is 9.59 Å². The maximum atomic E-state index is 13.2. The highest BCUT2D eigenvalue weighted by Crippen LogP contribution is 2.42. The fourth-order valence-corrected chi connectivity index (χ4v) is 3.42. The number of allylic oxidation sites excluding steroid dienone is 1. The molecule has 1 N–H and O–H groups in total. The summed E-state index contributed by atoms with van der Waals surface area (Å²) in [5.74, 6) is 0.597. The quantitative estimate of drug-likeness (QED) is 0.328. The Bertz CT molecular complexity index is 759. The Hall–Kier alpha value is -1.94. The van der Waals surface area contributed by atoms with E-state index in [0.717, 1.165) is 36.5 Å². The number of halogens is 2. The van der Waals surface area contributed by atoms with Gasteiger partial charge in [0.2, 0.25) is 0 Å². The molecule has 1 aromatic carbocycles. The zero-order valence-electron chi connectivity index (χ0n) is 16.1. The van der Waals surface area contributed by atoms with E-state index >= 15 is 0 Å². The van der Waals surface area contributed by atoms with E-state index in [1.165, 1.54) is 24.6 Å². The average Bonchev–Trinajstić information content (AvgIpc) is 3.33. The summed E-state index contributed by atoms with van der Waals surface area (Å²) in [7, 11) is 0. The number of rotatable bonds is 9. The maximum Gasteiger partial charge on any atom is 0.255 e. The monoisotopic (exact) mass is 391 g/mol. The van der Waals surface area contributed by atoms with Crippen LogP contribution >= 0.6 is 11.6 Å². The van der Waals surface area contributed by atoms with Gasteiger partial charge >= 0.3 is 0 Å². The molecule has 1 aliphatic rings. The molecule has 0 heterocycles. The second-order valence-corrected chi connectivity index (χ2v) is 8.04. The van der Waals surface area contributed by atoms with Gasteiger partial charge in [0, 0.05) is 17.2 Å².